The Hall–Kier alpha value is -2.40. The molecule has 0 radical (unpaired) electrons. The van der Waals surface area contributed by atoms with Crippen molar-refractivity contribution in [3.8, 4) is 11.5 Å². The average molecular weight is 281 g/mol. The number of para-hydroxylation sites is 2. The summed E-state index contributed by atoms with van der Waals surface area (Å²) in [5.41, 5.74) is 3.95. The van der Waals surface area contributed by atoms with Crippen molar-refractivity contribution in [1.82, 2.24) is 10.2 Å². The Balaban J connectivity index is 1.84. The second kappa shape index (κ2) is 4.61. The number of fused-ring (bicyclic) bond motifs is 2. The van der Waals surface area contributed by atoms with Gasteiger partial charge in [-0.3, -0.25) is 0 Å². The van der Waals surface area contributed by atoms with Gasteiger partial charge >= 0.3 is 0 Å². The van der Waals surface area contributed by atoms with Crippen LogP contribution >= 0.6 is 11.3 Å². The first-order chi connectivity index (χ1) is 9.92. The molecule has 20 heavy (non-hydrogen) atoms. The number of nitrogens with one attached hydrogen (secondary N) is 1. The first-order valence-corrected chi connectivity index (χ1v) is 7.18. The first-order valence-electron chi connectivity index (χ1n) is 6.30. The summed E-state index contributed by atoms with van der Waals surface area (Å²) in [4.78, 5) is 0. The van der Waals surface area contributed by atoms with Crippen LogP contribution in [0.2, 0.25) is 0 Å². The molecule has 98 valence electrons. The van der Waals surface area contributed by atoms with E-state index in [4.69, 9.17) is 4.74 Å². The highest BCUT2D eigenvalue weighted by Gasteiger charge is 2.27. The molecule has 0 saturated heterocycles. The van der Waals surface area contributed by atoms with E-state index in [1.165, 1.54) is 11.3 Å². The normalized spacial score (nSPS) is 13.2. The lowest BCUT2D eigenvalue weighted by Gasteiger charge is -2.28. The molecule has 1 aliphatic rings. The molecule has 2 aromatic carbocycles. The molecule has 0 spiro atoms. The molecule has 4 rings (SSSR count). The summed E-state index contributed by atoms with van der Waals surface area (Å²) in [6.45, 7) is 0. The molecular formula is C15H11N3OS. The Labute approximate surface area is 120 Å². The fraction of sp³-hybridized carbons (Fsp3) is 0.0667. The van der Waals surface area contributed by atoms with Crippen LogP contribution in [-0.4, -0.2) is 10.2 Å². The fourth-order valence-corrected chi connectivity index (χ4v) is 2.90. The zero-order valence-electron chi connectivity index (χ0n) is 10.5. The van der Waals surface area contributed by atoms with E-state index in [-0.39, 0.29) is 6.04 Å². The Bertz CT molecular complexity index is 697. The SMILES string of the molecule is c1ccc2c(c1)Oc1ccccc1C2Nc1nncs1. The van der Waals surface area contributed by atoms with Gasteiger partial charge in [0.25, 0.3) is 0 Å². The van der Waals surface area contributed by atoms with Crippen molar-refractivity contribution >= 4 is 16.5 Å². The van der Waals surface area contributed by atoms with Crippen LogP contribution in [0, 0.1) is 0 Å². The first kappa shape index (κ1) is 11.4. The lowest BCUT2D eigenvalue weighted by atomic mass is 9.95. The quantitative estimate of drug-likeness (QED) is 0.775. The van der Waals surface area contributed by atoms with E-state index in [2.05, 4.69) is 27.6 Å². The molecule has 1 aliphatic heterocycles. The predicted octanol–water partition coefficient (Wildman–Crippen LogP) is 3.85. The van der Waals surface area contributed by atoms with Crippen LogP contribution in [-0.2, 0) is 0 Å². The third-order valence-corrected chi connectivity index (χ3v) is 3.93. The Morgan fingerprint density at radius 3 is 2.20 bits per heavy atom. The van der Waals surface area contributed by atoms with Crippen LogP contribution in [0.15, 0.2) is 54.0 Å². The van der Waals surface area contributed by atoms with Crippen molar-refractivity contribution in [2.75, 3.05) is 5.32 Å². The van der Waals surface area contributed by atoms with Gasteiger partial charge in [0.1, 0.15) is 17.0 Å². The number of ether oxygens (including phenoxy) is 1. The summed E-state index contributed by atoms with van der Waals surface area (Å²) < 4.78 is 5.95. The van der Waals surface area contributed by atoms with Gasteiger partial charge in [-0.1, -0.05) is 47.7 Å². The van der Waals surface area contributed by atoms with Crippen molar-refractivity contribution in [2.45, 2.75) is 6.04 Å². The van der Waals surface area contributed by atoms with Crippen molar-refractivity contribution in [1.29, 1.82) is 0 Å². The maximum atomic E-state index is 5.95. The zero-order chi connectivity index (χ0) is 13.4. The predicted molar refractivity (Wildman–Crippen MR) is 78.3 cm³/mol. The highest BCUT2D eigenvalue weighted by molar-refractivity contribution is 7.13. The van der Waals surface area contributed by atoms with Gasteiger partial charge in [-0.2, -0.15) is 0 Å². The number of anilines is 1. The molecule has 4 nitrogen and oxygen atoms in total. The number of hydrogen-bond acceptors (Lipinski definition) is 5. The summed E-state index contributed by atoms with van der Waals surface area (Å²) in [6, 6.07) is 16.2. The van der Waals surface area contributed by atoms with Crippen molar-refractivity contribution in [3.63, 3.8) is 0 Å². The monoisotopic (exact) mass is 281 g/mol. The largest absolute Gasteiger partial charge is 0.457 e. The Morgan fingerprint density at radius 1 is 0.950 bits per heavy atom. The molecule has 0 saturated carbocycles. The third kappa shape index (κ3) is 1.83. The molecule has 0 bridgehead atoms. The molecule has 0 atom stereocenters. The molecule has 3 aromatic rings. The highest BCUT2D eigenvalue weighted by atomic mass is 32.1. The van der Waals surface area contributed by atoms with Crippen LogP contribution < -0.4 is 10.1 Å². The maximum absolute atomic E-state index is 5.95. The molecule has 1 N–H and O–H groups in total. The highest BCUT2D eigenvalue weighted by Crippen LogP contribution is 2.43. The molecule has 0 fully saturated rings. The molecular weight excluding hydrogens is 270 g/mol. The minimum Gasteiger partial charge on any atom is -0.457 e. The molecule has 0 unspecified atom stereocenters. The van der Waals surface area contributed by atoms with Gasteiger partial charge < -0.3 is 10.1 Å². The van der Waals surface area contributed by atoms with E-state index in [1.54, 1.807) is 5.51 Å². The van der Waals surface area contributed by atoms with Gasteiger partial charge in [-0.05, 0) is 12.1 Å². The van der Waals surface area contributed by atoms with E-state index in [0.717, 1.165) is 27.8 Å². The Morgan fingerprint density at radius 2 is 1.60 bits per heavy atom. The molecule has 0 aliphatic carbocycles. The van der Waals surface area contributed by atoms with Crippen LogP contribution in [0.1, 0.15) is 17.2 Å². The standard InChI is InChI=1S/C15H11N3OS/c1-3-7-12-10(5-1)14(17-15-18-16-9-20-15)11-6-2-4-8-13(11)19-12/h1-9,14H,(H,17,18). The van der Waals surface area contributed by atoms with Crippen molar-refractivity contribution in [2.24, 2.45) is 0 Å². The van der Waals surface area contributed by atoms with Crippen molar-refractivity contribution < 1.29 is 4.74 Å². The molecule has 0 amide bonds. The lowest BCUT2D eigenvalue weighted by molar-refractivity contribution is 0.451. The van der Waals surface area contributed by atoms with Crippen LogP contribution in [0.5, 0.6) is 11.5 Å². The number of benzene rings is 2. The van der Waals surface area contributed by atoms with E-state index in [0.29, 0.717) is 0 Å². The van der Waals surface area contributed by atoms with Gasteiger partial charge in [0.15, 0.2) is 0 Å². The summed E-state index contributed by atoms with van der Waals surface area (Å²) in [5, 5.41) is 12.2. The van der Waals surface area contributed by atoms with E-state index >= 15 is 0 Å². The van der Waals surface area contributed by atoms with E-state index in [9.17, 15) is 0 Å². The summed E-state index contributed by atoms with van der Waals surface area (Å²) in [6.07, 6.45) is 0. The second-order valence-electron chi connectivity index (χ2n) is 4.50. The fourth-order valence-electron chi connectivity index (χ4n) is 2.42. The van der Waals surface area contributed by atoms with Crippen LogP contribution in [0.3, 0.4) is 0 Å². The van der Waals surface area contributed by atoms with Gasteiger partial charge in [0.2, 0.25) is 5.13 Å². The molecule has 5 heteroatoms. The third-order valence-electron chi connectivity index (χ3n) is 3.31. The van der Waals surface area contributed by atoms with Crippen molar-refractivity contribution in [3.05, 3.63) is 65.2 Å². The number of aromatic nitrogens is 2. The van der Waals surface area contributed by atoms with E-state index < -0.39 is 0 Å². The Kier molecular flexibility index (Phi) is 2.63. The van der Waals surface area contributed by atoms with E-state index in [1.807, 2.05) is 36.4 Å². The number of rotatable bonds is 2. The smallest absolute Gasteiger partial charge is 0.206 e. The number of hydrogen-bond donors (Lipinski definition) is 1. The summed E-state index contributed by atoms with van der Waals surface area (Å²) >= 11 is 1.49. The summed E-state index contributed by atoms with van der Waals surface area (Å²) in [7, 11) is 0. The minimum atomic E-state index is 0.0316. The lowest BCUT2D eigenvalue weighted by Crippen LogP contribution is -2.17. The molecule has 2 heterocycles. The van der Waals surface area contributed by atoms with Gasteiger partial charge in [0, 0.05) is 11.1 Å². The summed E-state index contributed by atoms with van der Waals surface area (Å²) in [5.74, 6) is 1.77. The average Bonchev–Trinajstić information content (AvgIpc) is 3.00. The van der Waals surface area contributed by atoms with Gasteiger partial charge in [-0.25, -0.2) is 0 Å². The van der Waals surface area contributed by atoms with Crippen LogP contribution in [0.25, 0.3) is 0 Å². The van der Waals surface area contributed by atoms with Gasteiger partial charge in [0.05, 0.1) is 6.04 Å². The van der Waals surface area contributed by atoms with Gasteiger partial charge in [-0.15, -0.1) is 10.2 Å². The zero-order valence-corrected chi connectivity index (χ0v) is 11.3. The molecule has 1 aromatic heterocycles. The topological polar surface area (TPSA) is 47.0 Å². The second-order valence-corrected chi connectivity index (χ2v) is 5.33. The van der Waals surface area contributed by atoms with Crippen LogP contribution in [0.4, 0.5) is 5.13 Å². The maximum Gasteiger partial charge on any atom is 0.206 e. The minimum absolute atomic E-state index is 0.0316. The number of nitrogens with zero attached hydrogens (tertiary/aromatic N) is 2.